The first kappa shape index (κ1) is 18.4. The zero-order chi connectivity index (χ0) is 18.7. The molecule has 5 nitrogen and oxygen atoms in total. The van der Waals surface area contributed by atoms with Crippen molar-refractivity contribution in [2.75, 3.05) is 12.4 Å². The third-order valence-electron chi connectivity index (χ3n) is 4.20. The van der Waals surface area contributed by atoms with Gasteiger partial charge in [0.2, 0.25) is 0 Å². The maximum atomic E-state index is 13.1. The number of carbonyl (C=O) groups is 2. The summed E-state index contributed by atoms with van der Waals surface area (Å²) < 4.78 is 0. The quantitative estimate of drug-likeness (QED) is 0.794. The van der Waals surface area contributed by atoms with Gasteiger partial charge in [-0.1, -0.05) is 23.8 Å². The van der Waals surface area contributed by atoms with Crippen LogP contribution in [-0.4, -0.2) is 39.2 Å². The summed E-state index contributed by atoms with van der Waals surface area (Å²) in [6.45, 7) is 4.08. The van der Waals surface area contributed by atoms with Crippen molar-refractivity contribution in [3.05, 3.63) is 69.9 Å². The highest BCUT2D eigenvalue weighted by Crippen LogP contribution is 2.37. The smallest absolute Gasteiger partial charge is 0.268 e. The van der Waals surface area contributed by atoms with E-state index < -0.39 is 0 Å². The van der Waals surface area contributed by atoms with Gasteiger partial charge in [0.05, 0.1) is 23.6 Å². The predicted octanol–water partition coefficient (Wildman–Crippen LogP) is 2.70. The minimum atomic E-state index is -0.305. The van der Waals surface area contributed by atoms with Gasteiger partial charge < -0.3 is 5.11 Å². The molecule has 134 valence electrons. The fraction of sp³-hybridized carbons (Fsp3) is 0.250. The first-order chi connectivity index (χ1) is 12.5. The second-order valence-electron chi connectivity index (χ2n) is 6.15. The lowest BCUT2D eigenvalue weighted by Crippen LogP contribution is -2.31. The third-order valence-corrected chi connectivity index (χ3v) is 5.26. The summed E-state index contributed by atoms with van der Waals surface area (Å²) in [6, 6.07) is 9.40. The van der Waals surface area contributed by atoms with Gasteiger partial charge in [0.25, 0.3) is 11.8 Å². The number of rotatable bonds is 6. The summed E-state index contributed by atoms with van der Waals surface area (Å²) in [5.74, 6) is -0.231. The molecule has 0 bridgehead atoms. The Labute approximate surface area is 156 Å². The molecule has 0 fully saturated rings. The van der Waals surface area contributed by atoms with Crippen LogP contribution in [0.4, 0.5) is 0 Å². The molecule has 1 N–H and O–H groups in total. The molecule has 0 aliphatic carbocycles. The van der Waals surface area contributed by atoms with Crippen LogP contribution in [-0.2, 0) is 16.1 Å². The van der Waals surface area contributed by atoms with Gasteiger partial charge in [0, 0.05) is 18.1 Å². The van der Waals surface area contributed by atoms with Crippen molar-refractivity contribution in [1.29, 1.82) is 0 Å². The number of aryl methyl sites for hydroxylation is 2. The third kappa shape index (κ3) is 3.57. The van der Waals surface area contributed by atoms with E-state index >= 15 is 0 Å². The second-order valence-corrected chi connectivity index (χ2v) is 7.25. The Morgan fingerprint density at radius 1 is 1.08 bits per heavy atom. The molecule has 2 amide bonds. The minimum absolute atomic E-state index is 0.0554. The molecule has 1 aliphatic rings. The van der Waals surface area contributed by atoms with Crippen LogP contribution in [0, 0.1) is 13.8 Å². The first-order valence-electron chi connectivity index (χ1n) is 8.33. The average Bonchev–Trinajstić information content (AvgIpc) is 2.85. The monoisotopic (exact) mass is 368 g/mol. The highest BCUT2D eigenvalue weighted by atomic mass is 32.2. The molecule has 0 atom stereocenters. The van der Waals surface area contributed by atoms with Crippen LogP contribution < -0.4 is 0 Å². The topological polar surface area (TPSA) is 70.5 Å². The van der Waals surface area contributed by atoms with Crippen molar-refractivity contribution in [1.82, 2.24) is 9.88 Å². The van der Waals surface area contributed by atoms with Crippen LogP contribution in [0.5, 0.6) is 0 Å². The molecule has 1 aromatic heterocycles. The summed E-state index contributed by atoms with van der Waals surface area (Å²) in [5, 5.41) is 9.17. The maximum Gasteiger partial charge on any atom is 0.268 e. The second kappa shape index (κ2) is 7.85. The standard InChI is InChI=1S/C20H20N2O3S/c1-13-3-4-16(14(2)11-13)17-18(26-10-9-23)20(25)22(19(17)24)12-15-5-7-21-8-6-15/h3-8,11,23H,9-10,12H2,1-2H3. The van der Waals surface area contributed by atoms with Crippen molar-refractivity contribution in [2.24, 2.45) is 0 Å². The fourth-order valence-corrected chi connectivity index (χ4v) is 3.85. The summed E-state index contributed by atoms with van der Waals surface area (Å²) >= 11 is 1.23. The average molecular weight is 368 g/mol. The van der Waals surface area contributed by atoms with Gasteiger partial charge >= 0.3 is 0 Å². The number of aliphatic hydroxyl groups excluding tert-OH is 1. The fourth-order valence-electron chi connectivity index (χ4n) is 2.98. The van der Waals surface area contributed by atoms with Crippen molar-refractivity contribution >= 4 is 29.1 Å². The molecule has 1 aromatic carbocycles. The van der Waals surface area contributed by atoms with E-state index in [2.05, 4.69) is 4.98 Å². The molecule has 2 aromatic rings. The molecule has 0 radical (unpaired) electrons. The molecular formula is C20H20N2O3S. The van der Waals surface area contributed by atoms with E-state index in [-0.39, 0.29) is 25.0 Å². The van der Waals surface area contributed by atoms with Crippen molar-refractivity contribution in [3.8, 4) is 0 Å². The van der Waals surface area contributed by atoms with E-state index in [1.807, 2.05) is 32.0 Å². The number of hydrogen-bond acceptors (Lipinski definition) is 5. The van der Waals surface area contributed by atoms with Crippen LogP contribution >= 0.6 is 11.8 Å². The predicted molar refractivity (Wildman–Crippen MR) is 102 cm³/mol. The van der Waals surface area contributed by atoms with E-state index in [1.165, 1.54) is 16.7 Å². The van der Waals surface area contributed by atoms with Crippen LogP contribution in [0.15, 0.2) is 47.6 Å². The lowest BCUT2D eigenvalue weighted by molar-refractivity contribution is -0.137. The Bertz CT molecular complexity index is 878. The van der Waals surface area contributed by atoms with Gasteiger partial charge in [-0.2, -0.15) is 0 Å². The SMILES string of the molecule is Cc1ccc(C2=C(SCCO)C(=O)N(Cc3ccncc3)C2=O)c(C)c1. The van der Waals surface area contributed by atoms with Crippen LogP contribution in [0.1, 0.15) is 22.3 Å². The van der Waals surface area contributed by atoms with Crippen molar-refractivity contribution < 1.29 is 14.7 Å². The Hall–Kier alpha value is -2.44. The zero-order valence-corrected chi connectivity index (χ0v) is 15.5. The van der Waals surface area contributed by atoms with Crippen molar-refractivity contribution in [2.45, 2.75) is 20.4 Å². The van der Waals surface area contributed by atoms with Gasteiger partial charge in [-0.15, -0.1) is 11.8 Å². The lowest BCUT2D eigenvalue weighted by atomic mass is 9.99. The number of nitrogens with zero attached hydrogens (tertiary/aromatic N) is 2. The van der Waals surface area contributed by atoms with Crippen LogP contribution in [0.3, 0.4) is 0 Å². The lowest BCUT2D eigenvalue weighted by Gasteiger charge is -2.15. The number of aliphatic hydroxyl groups is 1. The summed E-state index contributed by atoms with van der Waals surface area (Å²) in [4.78, 5) is 31.6. The molecule has 6 heteroatoms. The highest BCUT2D eigenvalue weighted by Gasteiger charge is 2.39. The summed E-state index contributed by atoms with van der Waals surface area (Å²) in [7, 11) is 0. The van der Waals surface area contributed by atoms with E-state index in [9.17, 15) is 9.59 Å². The van der Waals surface area contributed by atoms with Crippen molar-refractivity contribution in [3.63, 3.8) is 0 Å². The molecule has 0 unspecified atom stereocenters. The van der Waals surface area contributed by atoms with E-state index in [0.717, 1.165) is 22.3 Å². The van der Waals surface area contributed by atoms with E-state index in [0.29, 0.717) is 16.2 Å². The van der Waals surface area contributed by atoms with Crippen LogP contribution in [0.25, 0.3) is 5.57 Å². The Kier molecular flexibility index (Phi) is 5.54. The minimum Gasteiger partial charge on any atom is -0.396 e. The number of benzene rings is 1. The van der Waals surface area contributed by atoms with Gasteiger partial charge in [0.15, 0.2) is 0 Å². The maximum absolute atomic E-state index is 13.1. The van der Waals surface area contributed by atoms with Gasteiger partial charge in [-0.25, -0.2) is 0 Å². The molecule has 2 heterocycles. The number of imide groups is 1. The number of hydrogen-bond donors (Lipinski definition) is 1. The normalized spacial score (nSPS) is 14.5. The highest BCUT2D eigenvalue weighted by molar-refractivity contribution is 8.04. The molecule has 1 aliphatic heterocycles. The largest absolute Gasteiger partial charge is 0.396 e. The summed E-state index contributed by atoms with van der Waals surface area (Å²) in [6.07, 6.45) is 3.28. The number of amides is 2. The molecule has 3 rings (SSSR count). The van der Waals surface area contributed by atoms with E-state index in [4.69, 9.17) is 5.11 Å². The van der Waals surface area contributed by atoms with Crippen LogP contribution in [0.2, 0.25) is 0 Å². The molecular weight excluding hydrogens is 348 g/mol. The number of aromatic nitrogens is 1. The molecule has 0 saturated carbocycles. The van der Waals surface area contributed by atoms with Gasteiger partial charge in [-0.05, 0) is 42.7 Å². The first-order valence-corrected chi connectivity index (χ1v) is 9.32. The number of thioether (sulfide) groups is 1. The Morgan fingerprint density at radius 2 is 1.81 bits per heavy atom. The Balaban J connectivity index is 2.01. The van der Waals surface area contributed by atoms with E-state index in [1.54, 1.807) is 24.5 Å². The summed E-state index contributed by atoms with van der Waals surface area (Å²) in [5.41, 5.74) is 4.09. The molecule has 0 spiro atoms. The van der Waals surface area contributed by atoms with Gasteiger partial charge in [0.1, 0.15) is 0 Å². The molecule has 26 heavy (non-hydrogen) atoms. The number of carbonyl (C=O) groups excluding carboxylic acids is 2. The Morgan fingerprint density at radius 3 is 2.46 bits per heavy atom. The van der Waals surface area contributed by atoms with Gasteiger partial charge in [-0.3, -0.25) is 19.5 Å². The number of pyridine rings is 1. The molecule has 0 saturated heterocycles. The zero-order valence-electron chi connectivity index (χ0n) is 14.7.